The summed E-state index contributed by atoms with van der Waals surface area (Å²) in [6, 6.07) is 2.71. The molecule has 3 atom stereocenters. The largest absolute Gasteiger partial charge is 0.268 e. The van der Waals surface area contributed by atoms with Crippen LogP contribution in [0, 0.1) is 30.1 Å². The van der Waals surface area contributed by atoms with Crippen molar-refractivity contribution in [2.45, 2.75) is 45.1 Å². The standard InChI is InChI=1S/C13H17N3/c1-9-8-16(15-13(9)7-14)12-5-10-2-3-11(4-10)6-12/h8,10-12H,2-6H2,1H3/t10-,11+,12?. The number of hydrogen-bond donors (Lipinski definition) is 0. The van der Waals surface area contributed by atoms with Gasteiger partial charge in [0.2, 0.25) is 0 Å². The van der Waals surface area contributed by atoms with E-state index in [9.17, 15) is 0 Å². The van der Waals surface area contributed by atoms with Crippen LogP contribution in [-0.4, -0.2) is 9.78 Å². The highest BCUT2D eigenvalue weighted by Gasteiger charge is 2.35. The fourth-order valence-electron chi connectivity index (χ4n) is 3.47. The number of aryl methyl sites for hydroxylation is 1. The van der Waals surface area contributed by atoms with Crippen molar-refractivity contribution in [3.63, 3.8) is 0 Å². The minimum Gasteiger partial charge on any atom is -0.268 e. The van der Waals surface area contributed by atoms with Gasteiger partial charge in [-0.2, -0.15) is 10.4 Å². The monoisotopic (exact) mass is 215 g/mol. The van der Waals surface area contributed by atoms with Crippen LogP contribution in [0.1, 0.15) is 49.4 Å². The maximum atomic E-state index is 8.92. The van der Waals surface area contributed by atoms with Gasteiger partial charge in [-0.1, -0.05) is 12.8 Å². The smallest absolute Gasteiger partial charge is 0.165 e. The highest BCUT2D eigenvalue weighted by atomic mass is 15.3. The first-order valence-corrected chi connectivity index (χ1v) is 6.22. The Balaban J connectivity index is 1.84. The molecule has 2 fully saturated rings. The lowest BCUT2D eigenvalue weighted by atomic mass is 9.85. The van der Waals surface area contributed by atoms with Gasteiger partial charge in [0.25, 0.3) is 0 Å². The fourth-order valence-corrected chi connectivity index (χ4v) is 3.47. The van der Waals surface area contributed by atoms with Gasteiger partial charge in [-0.05, 0) is 38.0 Å². The van der Waals surface area contributed by atoms with E-state index in [4.69, 9.17) is 5.26 Å². The third-order valence-corrected chi connectivity index (χ3v) is 4.26. The molecule has 0 radical (unpaired) electrons. The summed E-state index contributed by atoms with van der Waals surface area (Å²) >= 11 is 0. The molecule has 1 aromatic heterocycles. The van der Waals surface area contributed by atoms with Crippen LogP contribution in [0.4, 0.5) is 0 Å². The SMILES string of the molecule is Cc1cn(C2C[C@H]3CC[C@@H](C2)C3)nc1C#N. The zero-order chi connectivity index (χ0) is 11.1. The van der Waals surface area contributed by atoms with Gasteiger partial charge < -0.3 is 0 Å². The van der Waals surface area contributed by atoms with Crippen molar-refractivity contribution < 1.29 is 0 Å². The third-order valence-electron chi connectivity index (χ3n) is 4.26. The average Bonchev–Trinajstić information content (AvgIpc) is 2.82. The van der Waals surface area contributed by atoms with E-state index in [1.54, 1.807) is 0 Å². The number of rotatable bonds is 1. The Kier molecular flexibility index (Phi) is 2.24. The predicted molar refractivity (Wildman–Crippen MR) is 60.8 cm³/mol. The molecule has 2 aliphatic rings. The zero-order valence-electron chi connectivity index (χ0n) is 9.69. The molecule has 0 spiro atoms. The van der Waals surface area contributed by atoms with Crippen LogP contribution in [0.25, 0.3) is 0 Å². The van der Waals surface area contributed by atoms with Crippen LogP contribution in [0.2, 0.25) is 0 Å². The third kappa shape index (κ3) is 1.53. The van der Waals surface area contributed by atoms with Gasteiger partial charge in [0.15, 0.2) is 5.69 Å². The number of fused-ring (bicyclic) bond motifs is 2. The second-order valence-corrected chi connectivity index (χ2v) is 5.42. The van der Waals surface area contributed by atoms with Crippen LogP contribution in [0.5, 0.6) is 0 Å². The van der Waals surface area contributed by atoms with Crippen LogP contribution in [-0.2, 0) is 0 Å². The summed E-state index contributed by atoms with van der Waals surface area (Å²) in [6.07, 6.45) is 8.83. The van der Waals surface area contributed by atoms with Gasteiger partial charge in [-0.15, -0.1) is 0 Å². The lowest BCUT2D eigenvalue weighted by Crippen LogP contribution is -2.20. The summed E-state index contributed by atoms with van der Waals surface area (Å²) in [7, 11) is 0. The molecule has 3 rings (SSSR count). The summed E-state index contributed by atoms with van der Waals surface area (Å²) < 4.78 is 2.05. The van der Waals surface area contributed by atoms with E-state index in [0.717, 1.165) is 17.4 Å². The highest BCUT2D eigenvalue weighted by molar-refractivity contribution is 5.27. The number of hydrogen-bond acceptors (Lipinski definition) is 2. The van der Waals surface area contributed by atoms with Gasteiger partial charge >= 0.3 is 0 Å². The molecule has 0 saturated heterocycles. The van der Waals surface area contributed by atoms with E-state index in [0.29, 0.717) is 11.7 Å². The molecule has 0 N–H and O–H groups in total. The van der Waals surface area contributed by atoms with Crippen molar-refractivity contribution in [1.29, 1.82) is 5.26 Å². The van der Waals surface area contributed by atoms with Crippen molar-refractivity contribution in [2.24, 2.45) is 11.8 Å². The molecule has 1 heterocycles. The second kappa shape index (κ2) is 3.62. The molecule has 0 aliphatic heterocycles. The molecule has 84 valence electrons. The first-order chi connectivity index (χ1) is 7.76. The minimum absolute atomic E-state index is 0.548. The van der Waals surface area contributed by atoms with Crippen molar-refractivity contribution in [3.05, 3.63) is 17.5 Å². The molecule has 0 aromatic carbocycles. The van der Waals surface area contributed by atoms with Crippen molar-refractivity contribution in [3.8, 4) is 6.07 Å². The van der Waals surface area contributed by atoms with Gasteiger partial charge in [0.1, 0.15) is 6.07 Å². The molecular formula is C13H17N3. The Morgan fingerprint density at radius 3 is 2.56 bits per heavy atom. The number of aromatic nitrogens is 2. The first kappa shape index (κ1) is 9.89. The van der Waals surface area contributed by atoms with Crippen LogP contribution in [0.15, 0.2) is 6.20 Å². The number of nitrogens with zero attached hydrogens (tertiary/aromatic N) is 3. The predicted octanol–water partition coefficient (Wildman–Crippen LogP) is 2.81. The summed E-state index contributed by atoms with van der Waals surface area (Å²) in [5.74, 6) is 1.83. The molecule has 2 aliphatic carbocycles. The van der Waals surface area contributed by atoms with Gasteiger partial charge in [0.05, 0.1) is 6.04 Å². The van der Waals surface area contributed by atoms with Gasteiger partial charge in [0, 0.05) is 11.8 Å². The van der Waals surface area contributed by atoms with Crippen LogP contribution in [0.3, 0.4) is 0 Å². The van der Waals surface area contributed by atoms with E-state index >= 15 is 0 Å². The zero-order valence-corrected chi connectivity index (χ0v) is 9.69. The Bertz CT molecular complexity index is 429. The maximum absolute atomic E-state index is 8.92. The molecular weight excluding hydrogens is 198 g/mol. The van der Waals surface area contributed by atoms with E-state index in [-0.39, 0.29) is 0 Å². The average molecular weight is 215 g/mol. The normalized spacial score (nSPS) is 32.6. The van der Waals surface area contributed by atoms with Crippen molar-refractivity contribution in [2.75, 3.05) is 0 Å². The van der Waals surface area contributed by atoms with E-state index < -0.39 is 0 Å². The van der Waals surface area contributed by atoms with E-state index in [1.807, 2.05) is 13.1 Å². The summed E-state index contributed by atoms with van der Waals surface area (Å²) in [5.41, 5.74) is 1.61. The van der Waals surface area contributed by atoms with Gasteiger partial charge in [-0.3, -0.25) is 4.68 Å². The minimum atomic E-state index is 0.548. The molecule has 16 heavy (non-hydrogen) atoms. The van der Waals surface area contributed by atoms with Crippen LogP contribution < -0.4 is 0 Å². The lowest BCUT2D eigenvalue weighted by Gasteiger charge is -2.27. The quantitative estimate of drug-likeness (QED) is 0.722. The Labute approximate surface area is 96.1 Å². The Morgan fingerprint density at radius 1 is 1.31 bits per heavy atom. The Hall–Kier alpha value is -1.30. The molecule has 1 unspecified atom stereocenters. The first-order valence-electron chi connectivity index (χ1n) is 6.22. The topological polar surface area (TPSA) is 41.6 Å². The number of nitriles is 1. The van der Waals surface area contributed by atoms with Crippen molar-refractivity contribution in [1.82, 2.24) is 9.78 Å². The lowest BCUT2D eigenvalue weighted by molar-refractivity contribution is 0.247. The molecule has 3 nitrogen and oxygen atoms in total. The highest BCUT2D eigenvalue weighted by Crippen LogP contribution is 2.46. The fraction of sp³-hybridized carbons (Fsp3) is 0.692. The summed E-state index contributed by atoms with van der Waals surface area (Å²) in [6.45, 7) is 1.97. The molecule has 2 bridgehead atoms. The Morgan fingerprint density at radius 2 is 2.00 bits per heavy atom. The summed E-state index contributed by atoms with van der Waals surface area (Å²) in [4.78, 5) is 0. The van der Waals surface area contributed by atoms with Gasteiger partial charge in [-0.25, -0.2) is 0 Å². The molecule has 2 saturated carbocycles. The van der Waals surface area contributed by atoms with E-state index in [2.05, 4.69) is 15.8 Å². The van der Waals surface area contributed by atoms with Crippen LogP contribution >= 0.6 is 0 Å². The van der Waals surface area contributed by atoms with Crippen molar-refractivity contribution >= 4 is 0 Å². The molecule has 1 aromatic rings. The summed E-state index contributed by atoms with van der Waals surface area (Å²) in [5, 5.41) is 13.3. The molecule has 0 amide bonds. The second-order valence-electron chi connectivity index (χ2n) is 5.42. The molecule has 3 heteroatoms. The van der Waals surface area contributed by atoms with E-state index in [1.165, 1.54) is 32.1 Å². The maximum Gasteiger partial charge on any atom is 0.165 e.